The van der Waals surface area contributed by atoms with Gasteiger partial charge in [0.25, 0.3) is 0 Å². The van der Waals surface area contributed by atoms with E-state index in [1.54, 1.807) is 4.52 Å². The molecule has 9 nitrogen and oxygen atoms in total. The summed E-state index contributed by atoms with van der Waals surface area (Å²) in [6, 6.07) is 12.2. The largest absolute Gasteiger partial charge is 0.381 e. The summed E-state index contributed by atoms with van der Waals surface area (Å²) < 4.78 is 22.4. The van der Waals surface area contributed by atoms with E-state index in [-0.39, 0.29) is 23.1 Å². The van der Waals surface area contributed by atoms with Crippen LogP contribution in [0.5, 0.6) is 0 Å². The Hall–Kier alpha value is -4.01. The number of aromatic nitrogens is 3. The van der Waals surface area contributed by atoms with Crippen molar-refractivity contribution >= 4 is 39.3 Å². The monoisotopic (exact) mass is 585 g/mol. The van der Waals surface area contributed by atoms with Gasteiger partial charge in [-0.25, -0.2) is 13.9 Å². The van der Waals surface area contributed by atoms with Crippen molar-refractivity contribution < 1.29 is 13.9 Å². The van der Waals surface area contributed by atoms with Crippen LogP contribution in [0.25, 0.3) is 16.8 Å². The molecule has 216 valence electrons. The van der Waals surface area contributed by atoms with Crippen LogP contribution >= 0.6 is 11.3 Å². The third kappa shape index (κ3) is 4.32. The fourth-order valence-electron chi connectivity index (χ4n) is 6.51. The van der Waals surface area contributed by atoms with Crippen molar-refractivity contribution in [2.24, 2.45) is 11.3 Å². The summed E-state index contributed by atoms with van der Waals surface area (Å²) in [6.07, 6.45) is 2.90. The molecule has 3 saturated heterocycles. The zero-order chi connectivity index (χ0) is 29.2. The van der Waals surface area contributed by atoms with Crippen LogP contribution in [0.15, 0.2) is 36.5 Å². The first kappa shape index (κ1) is 26.9. The molecule has 7 rings (SSSR count). The average molecular weight is 586 g/mol. The molecule has 3 aromatic heterocycles. The Labute approximate surface area is 247 Å². The molecule has 4 aromatic rings. The van der Waals surface area contributed by atoms with E-state index in [4.69, 9.17) is 14.8 Å². The second kappa shape index (κ2) is 10.1. The van der Waals surface area contributed by atoms with Crippen molar-refractivity contribution in [3.05, 3.63) is 58.5 Å². The first-order valence-electron chi connectivity index (χ1n) is 14.3. The maximum absolute atomic E-state index is 15.4. The molecular formula is C31H32FN7O2S. The van der Waals surface area contributed by atoms with Gasteiger partial charge >= 0.3 is 0 Å². The fourth-order valence-corrected chi connectivity index (χ4v) is 7.36. The third-order valence-corrected chi connectivity index (χ3v) is 9.82. The lowest BCUT2D eigenvalue weighted by atomic mass is 9.72. The molecule has 42 heavy (non-hydrogen) atoms. The lowest BCUT2D eigenvalue weighted by Gasteiger charge is -2.61. The Morgan fingerprint density at radius 2 is 2.02 bits per heavy atom. The van der Waals surface area contributed by atoms with Gasteiger partial charge < -0.3 is 19.4 Å². The van der Waals surface area contributed by atoms with Gasteiger partial charge in [-0.2, -0.15) is 10.4 Å². The Morgan fingerprint density at radius 3 is 2.69 bits per heavy atom. The number of carbonyl (C=O) groups excluding carboxylic acids is 1. The number of anilines is 3. The van der Waals surface area contributed by atoms with E-state index < -0.39 is 0 Å². The highest BCUT2D eigenvalue weighted by Crippen LogP contribution is 2.45. The topological polar surface area (TPSA) is 90.0 Å². The molecule has 0 bridgehead atoms. The van der Waals surface area contributed by atoms with Crippen LogP contribution in [-0.2, 0) is 16.0 Å². The highest BCUT2D eigenvalue weighted by molar-refractivity contribution is 7.16. The van der Waals surface area contributed by atoms with Crippen molar-refractivity contribution in [1.29, 1.82) is 5.26 Å². The van der Waals surface area contributed by atoms with Crippen molar-refractivity contribution in [2.45, 2.75) is 26.7 Å². The van der Waals surface area contributed by atoms with Crippen LogP contribution in [0.2, 0.25) is 0 Å². The summed E-state index contributed by atoms with van der Waals surface area (Å²) in [7, 11) is 1.92. The zero-order valence-electron chi connectivity index (χ0n) is 23.9. The lowest BCUT2D eigenvalue weighted by molar-refractivity contribution is -0.149. The van der Waals surface area contributed by atoms with Gasteiger partial charge in [-0.05, 0) is 25.8 Å². The van der Waals surface area contributed by atoms with Gasteiger partial charge in [-0.1, -0.05) is 48.1 Å². The van der Waals surface area contributed by atoms with Crippen LogP contribution < -0.4 is 9.80 Å². The second-order valence-electron chi connectivity index (χ2n) is 11.8. The number of rotatable bonds is 6. The van der Waals surface area contributed by atoms with Gasteiger partial charge in [0, 0.05) is 50.8 Å². The van der Waals surface area contributed by atoms with Gasteiger partial charge in [-0.15, -0.1) is 0 Å². The van der Waals surface area contributed by atoms with Gasteiger partial charge in [0.1, 0.15) is 16.6 Å². The number of aryl methyl sites for hydroxylation is 2. The van der Waals surface area contributed by atoms with E-state index in [9.17, 15) is 10.1 Å². The average Bonchev–Trinajstić information content (AvgIpc) is 3.70. The normalized spacial score (nSPS) is 19.2. The molecule has 6 heterocycles. The summed E-state index contributed by atoms with van der Waals surface area (Å²) in [5.74, 6) is -0.149. The molecule has 0 saturated carbocycles. The minimum Gasteiger partial charge on any atom is -0.381 e. The van der Waals surface area contributed by atoms with Crippen molar-refractivity contribution in [3.8, 4) is 17.3 Å². The fraction of sp³-hybridized carbons (Fsp3) is 0.419. The Balaban J connectivity index is 1.15. The number of pyridine rings is 1. The molecular weight excluding hydrogens is 553 g/mol. The highest BCUT2D eigenvalue weighted by atomic mass is 32.1. The van der Waals surface area contributed by atoms with Crippen molar-refractivity contribution in [2.75, 3.05) is 56.2 Å². The maximum atomic E-state index is 15.4. The number of likely N-dealkylation sites (tertiary alicyclic amines) is 1. The predicted octanol–water partition coefficient (Wildman–Crippen LogP) is 4.79. The van der Waals surface area contributed by atoms with Crippen LogP contribution in [0.4, 0.5) is 20.9 Å². The second-order valence-corrected chi connectivity index (χ2v) is 12.8. The van der Waals surface area contributed by atoms with Crippen LogP contribution in [-0.4, -0.2) is 71.8 Å². The first-order chi connectivity index (χ1) is 20.3. The number of fused-ring (bicyclic) bond motifs is 1. The molecule has 3 aliphatic heterocycles. The summed E-state index contributed by atoms with van der Waals surface area (Å²) in [5.41, 5.74) is 5.72. The molecule has 1 spiro atoms. The molecule has 3 fully saturated rings. The zero-order valence-corrected chi connectivity index (χ0v) is 24.7. The van der Waals surface area contributed by atoms with Crippen molar-refractivity contribution in [1.82, 2.24) is 19.5 Å². The number of hydrogen-bond acceptors (Lipinski definition) is 8. The number of carbonyl (C=O) groups is 1. The predicted molar refractivity (Wildman–Crippen MR) is 160 cm³/mol. The SMILES string of the molecule is CCc1nn2cc(F)c(N3CC4(CN(C(=O)[C@H]5CCOC5)C4)C3)cc2c1N(C)c1nc(-c2ccc(C)cc2)c(C#N)s1. The summed E-state index contributed by atoms with van der Waals surface area (Å²) in [6.45, 7) is 8.09. The Kier molecular flexibility index (Phi) is 6.44. The van der Waals surface area contributed by atoms with Crippen LogP contribution in [0.1, 0.15) is 29.5 Å². The van der Waals surface area contributed by atoms with Gasteiger partial charge in [0.2, 0.25) is 5.91 Å². The number of thiazole rings is 1. The molecule has 0 N–H and O–H groups in total. The smallest absolute Gasteiger partial charge is 0.228 e. The summed E-state index contributed by atoms with van der Waals surface area (Å²) in [4.78, 5) is 24.1. The Bertz CT molecular complexity index is 1720. The van der Waals surface area contributed by atoms with Crippen LogP contribution in [0, 0.1) is 35.4 Å². The molecule has 1 atom stereocenters. The molecule has 11 heteroatoms. The standard InChI is InChI=1S/C31H32FN7O2S/c1-4-23-28(36(3)30-34-27(26(12-33)42-30)20-7-5-19(2)6-8-20)25-11-24(22(32)13-39(25)35-23)37-15-31(16-37)17-38(18-31)29(40)21-9-10-41-14-21/h5-8,11,13,21H,4,9-10,14-18H2,1-3H3/t21-/m0/s1. The summed E-state index contributed by atoms with van der Waals surface area (Å²) >= 11 is 1.34. The Morgan fingerprint density at radius 1 is 1.26 bits per heavy atom. The van der Waals surface area contributed by atoms with Gasteiger partial charge in [0.05, 0.1) is 41.3 Å². The molecule has 3 aliphatic rings. The van der Waals surface area contributed by atoms with Gasteiger partial charge in [0.15, 0.2) is 10.9 Å². The number of hydrogen-bond donors (Lipinski definition) is 0. The molecule has 1 aromatic carbocycles. The molecule has 0 radical (unpaired) electrons. The van der Waals surface area contributed by atoms with E-state index in [0.29, 0.717) is 54.1 Å². The lowest BCUT2D eigenvalue weighted by Crippen LogP contribution is -2.73. The minimum absolute atomic E-state index is 0.0153. The first-order valence-corrected chi connectivity index (χ1v) is 15.1. The van der Waals surface area contributed by atoms with E-state index in [1.165, 1.54) is 17.5 Å². The molecule has 1 amide bonds. The van der Waals surface area contributed by atoms with E-state index in [0.717, 1.165) is 47.5 Å². The third-order valence-electron chi connectivity index (χ3n) is 8.78. The quantitative estimate of drug-likeness (QED) is 0.321. The van der Waals surface area contributed by atoms with Crippen molar-refractivity contribution in [3.63, 3.8) is 0 Å². The minimum atomic E-state index is -0.324. The number of benzene rings is 1. The maximum Gasteiger partial charge on any atom is 0.228 e. The molecule has 0 unspecified atom stereocenters. The summed E-state index contributed by atoms with van der Waals surface area (Å²) in [5, 5.41) is 15.2. The van der Waals surface area contributed by atoms with Crippen LogP contribution in [0.3, 0.4) is 0 Å². The highest BCUT2D eigenvalue weighted by Gasteiger charge is 2.54. The van der Waals surface area contributed by atoms with E-state index >= 15 is 4.39 Å². The van der Waals surface area contributed by atoms with Gasteiger partial charge in [-0.3, -0.25) is 4.79 Å². The number of nitriles is 1. The van der Waals surface area contributed by atoms with E-state index in [2.05, 4.69) is 11.0 Å². The molecule has 0 aliphatic carbocycles. The number of nitrogens with zero attached hydrogens (tertiary/aromatic N) is 7. The number of ether oxygens (including phenoxy) is 1. The number of amides is 1. The number of halogens is 1. The van der Waals surface area contributed by atoms with E-state index in [1.807, 2.05) is 61.0 Å².